The summed E-state index contributed by atoms with van der Waals surface area (Å²) >= 11 is 0. The smallest absolute Gasteiger partial charge is 0.160 e. The highest BCUT2D eigenvalue weighted by atomic mass is 14.9. The molecule has 10 aromatic carbocycles. The van der Waals surface area contributed by atoms with E-state index in [1.807, 2.05) is 6.07 Å². The zero-order chi connectivity index (χ0) is 44.3. The molecule has 0 unspecified atom stereocenters. The summed E-state index contributed by atoms with van der Waals surface area (Å²) in [4.78, 5) is 10.7. The Kier molecular flexibility index (Phi) is 8.33. The third-order valence-corrected chi connectivity index (χ3v) is 14.9. The van der Waals surface area contributed by atoms with Crippen LogP contribution >= 0.6 is 0 Å². The fourth-order valence-electron chi connectivity index (χ4n) is 11.9. The summed E-state index contributed by atoms with van der Waals surface area (Å²) in [6.07, 6.45) is 0. The number of fused-ring (bicyclic) bond motifs is 10. The average Bonchev–Trinajstić information content (AvgIpc) is 3.76. The molecule has 0 bridgehead atoms. The maximum Gasteiger partial charge on any atom is 0.160 e. The Balaban J connectivity index is 0.978. The largest absolute Gasteiger partial charge is 0.228 e. The Morgan fingerprint density at radius 3 is 1.45 bits per heavy atom. The van der Waals surface area contributed by atoms with Crippen molar-refractivity contribution in [2.45, 2.75) is 38.5 Å². The van der Waals surface area contributed by atoms with Crippen molar-refractivity contribution < 1.29 is 0 Å². The lowest BCUT2D eigenvalue weighted by Crippen LogP contribution is -2.17. The van der Waals surface area contributed by atoms with E-state index in [9.17, 15) is 0 Å². The molecule has 13 rings (SSSR count). The quantitative estimate of drug-likeness (QED) is 0.172. The Labute approximate surface area is 385 Å². The highest BCUT2D eigenvalue weighted by Gasteiger charge is 2.40. The number of aromatic nitrogens is 2. The van der Waals surface area contributed by atoms with E-state index in [1.54, 1.807) is 0 Å². The lowest BCUT2D eigenvalue weighted by atomic mass is 9.76. The summed E-state index contributed by atoms with van der Waals surface area (Å²) in [6.45, 7) is 9.49. The second kappa shape index (κ2) is 14.3. The van der Waals surface area contributed by atoms with E-state index in [0.29, 0.717) is 5.82 Å². The Bertz CT molecular complexity index is 3820. The van der Waals surface area contributed by atoms with E-state index in [2.05, 4.69) is 228 Å². The molecular formula is C64H46N2. The van der Waals surface area contributed by atoms with Crippen LogP contribution in [0, 0.1) is 0 Å². The molecule has 0 atom stereocenters. The van der Waals surface area contributed by atoms with Crippen LogP contribution in [0.5, 0.6) is 0 Å². The first-order valence-corrected chi connectivity index (χ1v) is 23.2. The minimum atomic E-state index is -0.184. The molecule has 0 saturated heterocycles. The van der Waals surface area contributed by atoms with Crippen molar-refractivity contribution in [3.05, 3.63) is 229 Å². The van der Waals surface area contributed by atoms with Gasteiger partial charge in [-0.25, -0.2) is 9.97 Å². The minimum absolute atomic E-state index is 0.118. The summed E-state index contributed by atoms with van der Waals surface area (Å²) in [5, 5.41) is 7.46. The van der Waals surface area contributed by atoms with Crippen molar-refractivity contribution in [1.29, 1.82) is 0 Å². The molecule has 1 aromatic heterocycles. The predicted octanol–water partition coefficient (Wildman–Crippen LogP) is 16.9. The van der Waals surface area contributed by atoms with Crippen molar-refractivity contribution >= 4 is 32.3 Å². The number of rotatable bonds is 5. The van der Waals surface area contributed by atoms with Gasteiger partial charge in [0.25, 0.3) is 0 Å². The second-order valence-corrected chi connectivity index (χ2v) is 19.2. The SMILES string of the molecule is CC1(C)c2ccccc2-c2c(-c3cc(-c4ccc(-c5ccc(-c6cccc7c6C(C)(C)c6c-7ccc7ccccc67)c6ccccc56)c5ccccc45)nc(-c4ccccc4)n3)cccc21. The number of nitrogens with zero attached hydrogens (tertiary/aromatic N) is 2. The van der Waals surface area contributed by atoms with Gasteiger partial charge in [-0.15, -0.1) is 0 Å². The van der Waals surface area contributed by atoms with Crippen LogP contribution in [0.2, 0.25) is 0 Å². The third kappa shape index (κ3) is 5.55. The molecule has 0 fully saturated rings. The molecule has 2 aliphatic rings. The lowest BCUT2D eigenvalue weighted by Gasteiger charge is -2.26. The summed E-state index contributed by atoms with van der Waals surface area (Å²) in [7, 11) is 0. The molecule has 2 aliphatic carbocycles. The number of hydrogen-bond acceptors (Lipinski definition) is 2. The molecule has 2 nitrogen and oxygen atoms in total. The zero-order valence-corrected chi connectivity index (χ0v) is 37.5. The Morgan fingerprint density at radius 2 is 0.758 bits per heavy atom. The monoisotopic (exact) mass is 842 g/mol. The van der Waals surface area contributed by atoms with Gasteiger partial charge in [-0.3, -0.25) is 0 Å². The van der Waals surface area contributed by atoms with Crippen LogP contribution in [0.4, 0.5) is 0 Å². The molecule has 1 heterocycles. The Hall–Kier alpha value is -7.94. The van der Waals surface area contributed by atoms with Gasteiger partial charge in [0.2, 0.25) is 0 Å². The van der Waals surface area contributed by atoms with Gasteiger partial charge in [0, 0.05) is 27.5 Å². The molecule has 11 aromatic rings. The van der Waals surface area contributed by atoms with Crippen LogP contribution in [-0.4, -0.2) is 9.97 Å². The van der Waals surface area contributed by atoms with Gasteiger partial charge in [0.05, 0.1) is 11.4 Å². The molecule has 0 N–H and O–H groups in total. The van der Waals surface area contributed by atoms with Crippen LogP contribution < -0.4 is 0 Å². The van der Waals surface area contributed by atoms with Gasteiger partial charge in [0.1, 0.15) is 0 Å². The van der Waals surface area contributed by atoms with Gasteiger partial charge in [-0.05, 0) is 105 Å². The zero-order valence-electron chi connectivity index (χ0n) is 37.5. The summed E-state index contributed by atoms with van der Waals surface area (Å²) in [6, 6.07) is 75.7. The van der Waals surface area contributed by atoms with E-state index in [0.717, 1.165) is 33.5 Å². The van der Waals surface area contributed by atoms with Crippen molar-refractivity contribution in [2.24, 2.45) is 0 Å². The molecule has 2 heteroatoms. The normalized spacial score (nSPS) is 14.0. The fraction of sp³-hybridized carbons (Fsp3) is 0.0938. The predicted molar refractivity (Wildman–Crippen MR) is 277 cm³/mol. The van der Waals surface area contributed by atoms with Crippen molar-refractivity contribution in [1.82, 2.24) is 9.97 Å². The van der Waals surface area contributed by atoms with Crippen LogP contribution in [0.25, 0.3) is 111 Å². The third-order valence-electron chi connectivity index (χ3n) is 14.9. The second-order valence-electron chi connectivity index (χ2n) is 19.2. The van der Waals surface area contributed by atoms with Gasteiger partial charge in [-0.2, -0.15) is 0 Å². The molecule has 0 radical (unpaired) electrons. The van der Waals surface area contributed by atoms with Gasteiger partial charge < -0.3 is 0 Å². The highest BCUT2D eigenvalue weighted by Crippen LogP contribution is 2.56. The number of hydrogen-bond donors (Lipinski definition) is 0. The van der Waals surface area contributed by atoms with E-state index < -0.39 is 0 Å². The first kappa shape index (κ1) is 38.5. The van der Waals surface area contributed by atoms with Gasteiger partial charge in [0.15, 0.2) is 5.82 Å². The van der Waals surface area contributed by atoms with Crippen molar-refractivity contribution in [3.8, 4) is 78.4 Å². The summed E-state index contributed by atoms with van der Waals surface area (Å²) in [5.74, 6) is 0.716. The number of benzene rings is 10. The molecule has 0 spiro atoms. The summed E-state index contributed by atoms with van der Waals surface area (Å²) < 4.78 is 0. The first-order chi connectivity index (χ1) is 32.3. The molecule has 0 amide bonds. The maximum absolute atomic E-state index is 5.37. The van der Waals surface area contributed by atoms with E-state index in [-0.39, 0.29) is 10.8 Å². The molecule has 0 saturated carbocycles. The molecule has 66 heavy (non-hydrogen) atoms. The van der Waals surface area contributed by atoms with E-state index in [4.69, 9.17) is 9.97 Å². The maximum atomic E-state index is 5.37. The van der Waals surface area contributed by atoms with Gasteiger partial charge in [-0.1, -0.05) is 228 Å². The fourth-order valence-corrected chi connectivity index (χ4v) is 11.9. The molecular weight excluding hydrogens is 797 g/mol. The van der Waals surface area contributed by atoms with Crippen molar-refractivity contribution in [3.63, 3.8) is 0 Å². The van der Waals surface area contributed by atoms with Crippen LogP contribution in [-0.2, 0) is 10.8 Å². The minimum Gasteiger partial charge on any atom is -0.228 e. The van der Waals surface area contributed by atoms with Crippen molar-refractivity contribution in [2.75, 3.05) is 0 Å². The molecule has 0 aliphatic heterocycles. The standard InChI is InChI=1S/C64H46N2/c1-63(2)55-30-15-14-26-53(55)59-54(29-17-31-56(59)63)58-38-57(65-62(66-58)40-19-6-5-7-20-40)49-37-36-47(44-24-12-13-25-45(44)49)46-34-35-48(43-23-11-10-22-42(43)46)50-27-16-28-51-52-33-32-39-18-8-9-21-41(39)60(52)64(3,4)61(50)51/h5-38H,1-4H3. The molecule has 312 valence electrons. The topological polar surface area (TPSA) is 25.8 Å². The van der Waals surface area contributed by atoms with E-state index in [1.165, 1.54) is 93.7 Å². The van der Waals surface area contributed by atoms with Crippen LogP contribution in [0.1, 0.15) is 49.9 Å². The van der Waals surface area contributed by atoms with Gasteiger partial charge >= 0.3 is 0 Å². The average molecular weight is 843 g/mol. The van der Waals surface area contributed by atoms with E-state index >= 15 is 0 Å². The highest BCUT2D eigenvalue weighted by molar-refractivity contribution is 6.13. The lowest BCUT2D eigenvalue weighted by molar-refractivity contribution is 0.660. The Morgan fingerprint density at radius 1 is 0.303 bits per heavy atom. The van der Waals surface area contributed by atoms with Crippen LogP contribution in [0.3, 0.4) is 0 Å². The van der Waals surface area contributed by atoms with Crippen LogP contribution in [0.15, 0.2) is 206 Å². The first-order valence-electron chi connectivity index (χ1n) is 23.2. The summed E-state index contributed by atoms with van der Waals surface area (Å²) in [5.41, 5.74) is 20.4.